The summed E-state index contributed by atoms with van der Waals surface area (Å²) in [6.07, 6.45) is 0. The number of fused-ring (bicyclic) bond motifs is 9. The fourth-order valence-corrected chi connectivity index (χ4v) is 10.0. The van der Waals surface area contributed by atoms with Crippen LogP contribution in [-0.4, -0.2) is 15.0 Å². The molecule has 0 radical (unpaired) electrons. The van der Waals surface area contributed by atoms with Crippen LogP contribution in [0, 0.1) is 0 Å². The fourth-order valence-electron chi connectivity index (χ4n) is 10.0. The molecule has 1 aliphatic rings. The zero-order chi connectivity index (χ0) is 41.5. The lowest BCUT2D eigenvalue weighted by Gasteiger charge is -2.34. The van der Waals surface area contributed by atoms with E-state index in [-0.39, 0.29) is 0 Å². The van der Waals surface area contributed by atoms with Crippen molar-refractivity contribution in [3.05, 3.63) is 235 Å². The number of hydrogen-bond acceptors (Lipinski definition) is 5. The van der Waals surface area contributed by atoms with E-state index in [9.17, 15) is 0 Å². The third-order valence-electron chi connectivity index (χ3n) is 12.8. The van der Waals surface area contributed by atoms with Gasteiger partial charge >= 0.3 is 0 Å². The molecule has 5 heteroatoms. The lowest BCUT2D eigenvalue weighted by Crippen LogP contribution is -2.28. The summed E-state index contributed by atoms with van der Waals surface area (Å²) in [4.78, 5) is 15.4. The van der Waals surface area contributed by atoms with Gasteiger partial charge in [0.1, 0.15) is 22.3 Å². The first-order valence-electron chi connectivity index (χ1n) is 21.3. The Balaban J connectivity index is 0.995. The highest BCUT2D eigenvalue weighted by Crippen LogP contribution is 2.56. The Morgan fingerprint density at radius 3 is 1.67 bits per heavy atom. The molecule has 0 bridgehead atoms. The number of benzene rings is 9. The summed E-state index contributed by atoms with van der Waals surface area (Å²) in [5.41, 5.74) is 15.1. The first-order chi connectivity index (χ1) is 31.2. The minimum atomic E-state index is -0.494. The molecule has 294 valence electrons. The number of furan rings is 2. The first-order valence-corrected chi connectivity index (χ1v) is 21.3. The SMILES string of the molecule is c1ccc(-c2nc(-c3ccc4c(c3)oc3ccccc34)nc(-c3cccc4oc5ccc(-c6ccc7c(c6)C(c6ccccc6)(c6ccccc6)c6ccccc6-7)cc5c34)n2)cc1. The molecule has 0 fully saturated rings. The molecule has 0 N–H and O–H groups in total. The zero-order valence-electron chi connectivity index (χ0n) is 33.9. The van der Waals surface area contributed by atoms with E-state index in [0.29, 0.717) is 17.5 Å². The number of rotatable bonds is 6. The predicted octanol–water partition coefficient (Wildman–Crippen LogP) is 14.7. The molecule has 0 aliphatic heterocycles. The monoisotopic (exact) mass is 805 g/mol. The summed E-state index contributed by atoms with van der Waals surface area (Å²) >= 11 is 0. The Labute approximate surface area is 362 Å². The van der Waals surface area contributed by atoms with Crippen LogP contribution in [-0.2, 0) is 5.41 Å². The highest BCUT2D eigenvalue weighted by molar-refractivity contribution is 6.13. The maximum atomic E-state index is 6.59. The molecule has 5 nitrogen and oxygen atoms in total. The van der Waals surface area contributed by atoms with Crippen LogP contribution < -0.4 is 0 Å². The van der Waals surface area contributed by atoms with Gasteiger partial charge in [-0.2, -0.15) is 0 Å². The van der Waals surface area contributed by atoms with Gasteiger partial charge in [0, 0.05) is 38.2 Å². The zero-order valence-corrected chi connectivity index (χ0v) is 33.9. The van der Waals surface area contributed by atoms with E-state index in [2.05, 4.69) is 146 Å². The number of hydrogen-bond donors (Lipinski definition) is 0. The van der Waals surface area contributed by atoms with Gasteiger partial charge in [0.25, 0.3) is 0 Å². The van der Waals surface area contributed by atoms with Gasteiger partial charge in [0.15, 0.2) is 17.5 Å². The number of nitrogens with zero attached hydrogens (tertiary/aromatic N) is 3. The number of aromatic nitrogens is 3. The molecule has 63 heavy (non-hydrogen) atoms. The molecular formula is C58H35N3O2. The molecule has 0 amide bonds. The third-order valence-corrected chi connectivity index (χ3v) is 12.8. The quantitative estimate of drug-likeness (QED) is 0.167. The Morgan fingerprint density at radius 2 is 0.857 bits per heavy atom. The van der Waals surface area contributed by atoms with Gasteiger partial charge in [0.05, 0.1) is 5.41 Å². The molecule has 0 atom stereocenters. The highest BCUT2D eigenvalue weighted by atomic mass is 16.3. The summed E-state index contributed by atoms with van der Waals surface area (Å²) in [5.74, 6) is 1.71. The van der Waals surface area contributed by atoms with Crippen molar-refractivity contribution in [1.82, 2.24) is 15.0 Å². The van der Waals surface area contributed by atoms with Gasteiger partial charge in [-0.25, -0.2) is 15.0 Å². The fraction of sp³-hybridized carbons (Fsp3) is 0.0172. The normalized spacial score (nSPS) is 12.9. The van der Waals surface area contributed by atoms with E-state index >= 15 is 0 Å². The van der Waals surface area contributed by atoms with E-state index in [1.807, 2.05) is 66.7 Å². The molecule has 13 rings (SSSR count). The van der Waals surface area contributed by atoms with Crippen LogP contribution in [0.5, 0.6) is 0 Å². The van der Waals surface area contributed by atoms with Crippen LogP contribution in [0.2, 0.25) is 0 Å². The Hall–Kier alpha value is -8.41. The summed E-state index contributed by atoms with van der Waals surface area (Å²) in [7, 11) is 0. The van der Waals surface area contributed by atoms with E-state index < -0.39 is 5.41 Å². The molecule has 0 spiro atoms. The highest BCUT2D eigenvalue weighted by Gasteiger charge is 2.46. The topological polar surface area (TPSA) is 65.0 Å². The first kappa shape index (κ1) is 35.4. The average Bonchev–Trinajstić information content (AvgIpc) is 4.02. The van der Waals surface area contributed by atoms with Crippen LogP contribution in [0.4, 0.5) is 0 Å². The second kappa shape index (κ2) is 13.8. The van der Waals surface area contributed by atoms with Crippen molar-refractivity contribution in [3.8, 4) is 56.4 Å². The standard InChI is InChI=1S/C58H35N3O2/c1-4-15-36(16-5-1)55-59-56(39-28-31-45-44-22-11-13-25-50(44)63-53(45)35-39)61-57(60-55)46-23-14-26-52-54(46)47-33-37(29-32-51(47)62-52)38-27-30-43-42-21-10-12-24-48(42)58(49(43)34-38,40-17-6-2-7-18-40)41-19-8-3-9-20-41/h1-35H. The maximum Gasteiger partial charge on any atom is 0.164 e. The molecule has 3 heterocycles. The summed E-state index contributed by atoms with van der Waals surface area (Å²) in [5, 5.41) is 4.08. The average molecular weight is 806 g/mol. The molecule has 0 saturated carbocycles. The Morgan fingerprint density at radius 1 is 0.302 bits per heavy atom. The van der Waals surface area contributed by atoms with Gasteiger partial charge in [0.2, 0.25) is 0 Å². The second-order valence-corrected chi connectivity index (χ2v) is 16.3. The Bertz CT molecular complexity index is 3700. The maximum absolute atomic E-state index is 6.59. The van der Waals surface area contributed by atoms with Crippen molar-refractivity contribution < 1.29 is 8.83 Å². The van der Waals surface area contributed by atoms with Crippen LogP contribution in [0.15, 0.2) is 221 Å². The van der Waals surface area contributed by atoms with Crippen LogP contribution in [0.3, 0.4) is 0 Å². The van der Waals surface area contributed by atoms with Gasteiger partial charge in [-0.15, -0.1) is 0 Å². The second-order valence-electron chi connectivity index (χ2n) is 16.3. The molecule has 12 aromatic rings. The Kier molecular flexibility index (Phi) is 7.75. The van der Waals surface area contributed by atoms with Gasteiger partial charge in [-0.05, 0) is 87.0 Å². The van der Waals surface area contributed by atoms with Crippen molar-refractivity contribution in [2.75, 3.05) is 0 Å². The molecule has 0 saturated heterocycles. The summed E-state index contributed by atoms with van der Waals surface area (Å²) < 4.78 is 12.9. The van der Waals surface area contributed by atoms with E-state index in [0.717, 1.165) is 71.7 Å². The van der Waals surface area contributed by atoms with Crippen LogP contribution in [0.1, 0.15) is 22.3 Å². The van der Waals surface area contributed by atoms with Gasteiger partial charge < -0.3 is 8.83 Å². The van der Waals surface area contributed by atoms with Crippen molar-refractivity contribution in [2.24, 2.45) is 0 Å². The molecule has 1 aliphatic carbocycles. The van der Waals surface area contributed by atoms with E-state index in [1.54, 1.807) is 0 Å². The third kappa shape index (κ3) is 5.40. The van der Waals surface area contributed by atoms with E-state index in [1.165, 1.54) is 33.4 Å². The lowest BCUT2D eigenvalue weighted by molar-refractivity contribution is 0.668. The van der Waals surface area contributed by atoms with Crippen molar-refractivity contribution in [3.63, 3.8) is 0 Å². The van der Waals surface area contributed by atoms with Crippen molar-refractivity contribution >= 4 is 43.9 Å². The smallest absolute Gasteiger partial charge is 0.164 e. The van der Waals surface area contributed by atoms with Crippen molar-refractivity contribution in [2.45, 2.75) is 5.41 Å². The van der Waals surface area contributed by atoms with Gasteiger partial charge in [-0.1, -0.05) is 170 Å². The minimum Gasteiger partial charge on any atom is -0.456 e. The number of para-hydroxylation sites is 1. The molecule has 9 aromatic carbocycles. The molecule has 0 unspecified atom stereocenters. The van der Waals surface area contributed by atoms with Gasteiger partial charge in [-0.3, -0.25) is 0 Å². The van der Waals surface area contributed by atoms with Crippen molar-refractivity contribution in [1.29, 1.82) is 0 Å². The van der Waals surface area contributed by atoms with E-state index in [4.69, 9.17) is 23.8 Å². The molecular weight excluding hydrogens is 771 g/mol. The van der Waals surface area contributed by atoms with Crippen LogP contribution >= 0.6 is 0 Å². The predicted molar refractivity (Wildman–Crippen MR) is 253 cm³/mol. The minimum absolute atomic E-state index is 0.494. The van der Waals surface area contributed by atoms with Crippen LogP contribution in [0.25, 0.3) is 100 Å². The largest absolute Gasteiger partial charge is 0.456 e. The summed E-state index contributed by atoms with van der Waals surface area (Å²) in [6, 6.07) is 74.7. The molecule has 3 aromatic heterocycles. The lowest BCUT2D eigenvalue weighted by atomic mass is 9.67. The summed E-state index contributed by atoms with van der Waals surface area (Å²) in [6.45, 7) is 0.